The third-order valence-electron chi connectivity index (χ3n) is 2.63. The molecule has 1 aromatic rings. The Morgan fingerprint density at radius 3 is 2.72 bits per heavy atom. The van der Waals surface area contributed by atoms with Crippen molar-refractivity contribution in [2.24, 2.45) is 5.73 Å². The van der Waals surface area contributed by atoms with Gasteiger partial charge in [-0.3, -0.25) is 14.9 Å². The highest BCUT2D eigenvalue weighted by molar-refractivity contribution is 6.04. The first kappa shape index (κ1) is 12.7. The van der Waals surface area contributed by atoms with Gasteiger partial charge in [0.05, 0.1) is 18.8 Å². The number of carbonyl (C=O) groups excluding carboxylic acids is 2. The number of halogens is 1. The first-order chi connectivity index (χ1) is 8.48. The Bertz CT molecular complexity index is 486. The van der Waals surface area contributed by atoms with E-state index < -0.39 is 23.2 Å². The molecule has 1 aliphatic heterocycles. The number of benzene rings is 1. The molecule has 3 N–H and O–H groups in total. The second-order valence-corrected chi connectivity index (χ2v) is 4.42. The summed E-state index contributed by atoms with van der Waals surface area (Å²) in [7, 11) is 0. The molecule has 1 aromatic carbocycles. The fraction of sp³-hybridized carbons (Fsp3) is 0.333. The molecule has 2 rings (SSSR count). The van der Waals surface area contributed by atoms with Crippen LogP contribution >= 0.6 is 0 Å². The quantitative estimate of drug-likeness (QED) is 0.805. The summed E-state index contributed by atoms with van der Waals surface area (Å²) in [4.78, 5) is 23.2. The van der Waals surface area contributed by atoms with Crippen molar-refractivity contribution in [1.29, 1.82) is 0 Å². The number of imide groups is 1. The topological polar surface area (TPSA) is 81.4 Å². The van der Waals surface area contributed by atoms with Gasteiger partial charge in [0, 0.05) is 12.0 Å². The average Bonchev–Trinajstić information content (AvgIpc) is 2.26. The number of hydrogen-bond acceptors (Lipinski definition) is 4. The van der Waals surface area contributed by atoms with E-state index in [1.54, 1.807) is 0 Å². The van der Waals surface area contributed by atoms with Crippen LogP contribution < -0.4 is 11.1 Å². The Kier molecular flexibility index (Phi) is 3.40. The smallest absolute Gasteiger partial charge is 0.257 e. The van der Waals surface area contributed by atoms with Gasteiger partial charge in [-0.05, 0) is 18.2 Å². The molecule has 0 atom stereocenters. The van der Waals surface area contributed by atoms with Gasteiger partial charge >= 0.3 is 0 Å². The maximum Gasteiger partial charge on any atom is 0.257 e. The van der Waals surface area contributed by atoms with Gasteiger partial charge in [0.25, 0.3) is 5.91 Å². The number of ether oxygens (including phenoxy) is 1. The summed E-state index contributed by atoms with van der Waals surface area (Å²) in [6.07, 6.45) is 0.00799. The Morgan fingerprint density at radius 2 is 2.17 bits per heavy atom. The number of carbonyl (C=O) groups is 2. The first-order valence-corrected chi connectivity index (χ1v) is 5.45. The Balaban J connectivity index is 1.93. The summed E-state index contributed by atoms with van der Waals surface area (Å²) in [6, 6.07) is 5.11. The molecule has 1 saturated heterocycles. The fourth-order valence-electron chi connectivity index (χ4n) is 1.66. The van der Waals surface area contributed by atoms with Gasteiger partial charge in [0.1, 0.15) is 5.82 Å². The molecular formula is C12H13FN2O3. The lowest BCUT2D eigenvalue weighted by Crippen LogP contribution is -2.59. The molecule has 1 aliphatic rings. The predicted octanol–water partition coefficient (Wildman–Crippen LogP) is 0.200. The minimum atomic E-state index is -0.688. The molecule has 1 heterocycles. The van der Waals surface area contributed by atoms with Crippen LogP contribution in [0.4, 0.5) is 4.39 Å². The predicted molar refractivity (Wildman–Crippen MR) is 61.2 cm³/mol. The highest BCUT2D eigenvalue weighted by Crippen LogP contribution is 2.17. The highest BCUT2D eigenvalue weighted by Gasteiger charge is 2.36. The van der Waals surface area contributed by atoms with Gasteiger partial charge < -0.3 is 10.5 Å². The summed E-state index contributed by atoms with van der Waals surface area (Å²) >= 11 is 0. The average molecular weight is 252 g/mol. The molecule has 0 spiro atoms. The van der Waals surface area contributed by atoms with Crippen LogP contribution in [-0.4, -0.2) is 30.6 Å². The number of amides is 2. The Hall–Kier alpha value is -1.79. The summed E-state index contributed by atoms with van der Waals surface area (Å²) in [6.45, 7) is 0.600. The van der Waals surface area contributed by atoms with Gasteiger partial charge in [0.15, 0.2) is 0 Å². The second kappa shape index (κ2) is 4.83. The monoisotopic (exact) mass is 252 g/mol. The standard InChI is InChI=1S/C12H13FN2O3/c13-9-3-1-2-8(4-9)11(17)15-10(16)5-12(14)6-18-7-12/h1-4H,5-7,14H2,(H,15,16,17). The molecule has 0 radical (unpaired) electrons. The molecule has 0 saturated carbocycles. The van der Waals surface area contributed by atoms with Crippen LogP contribution in [0.25, 0.3) is 0 Å². The number of rotatable bonds is 3. The lowest BCUT2D eigenvalue weighted by molar-refractivity contribution is -0.127. The van der Waals surface area contributed by atoms with E-state index in [0.29, 0.717) is 13.2 Å². The first-order valence-electron chi connectivity index (χ1n) is 5.45. The van der Waals surface area contributed by atoms with Gasteiger partial charge in [-0.2, -0.15) is 0 Å². The zero-order valence-corrected chi connectivity index (χ0v) is 9.61. The van der Waals surface area contributed by atoms with Crippen molar-refractivity contribution in [3.05, 3.63) is 35.6 Å². The van der Waals surface area contributed by atoms with Crippen molar-refractivity contribution in [3.8, 4) is 0 Å². The lowest BCUT2D eigenvalue weighted by atomic mass is 9.94. The molecular weight excluding hydrogens is 239 g/mol. The van der Waals surface area contributed by atoms with Gasteiger partial charge in [-0.1, -0.05) is 6.07 Å². The van der Waals surface area contributed by atoms with E-state index in [2.05, 4.69) is 5.32 Å². The van der Waals surface area contributed by atoms with Crippen molar-refractivity contribution in [1.82, 2.24) is 5.32 Å². The van der Waals surface area contributed by atoms with Crippen LogP contribution in [0.5, 0.6) is 0 Å². The molecule has 6 heteroatoms. The fourth-order valence-corrected chi connectivity index (χ4v) is 1.66. The second-order valence-electron chi connectivity index (χ2n) is 4.42. The van der Waals surface area contributed by atoms with Gasteiger partial charge in [-0.15, -0.1) is 0 Å². The zero-order chi connectivity index (χ0) is 13.2. The van der Waals surface area contributed by atoms with E-state index in [4.69, 9.17) is 10.5 Å². The van der Waals surface area contributed by atoms with Crippen LogP contribution in [0.15, 0.2) is 24.3 Å². The van der Waals surface area contributed by atoms with E-state index in [-0.39, 0.29) is 12.0 Å². The van der Waals surface area contributed by atoms with Crippen LogP contribution in [-0.2, 0) is 9.53 Å². The third-order valence-corrected chi connectivity index (χ3v) is 2.63. The summed E-state index contributed by atoms with van der Waals surface area (Å²) in [5.41, 5.74) is 5.19. The van der Waals surface area contributed by atoms with E-state index in [1.165, 1.54) is 18.2 Å². The maximum atomic E-state index is 12.9. The molecule has 0 aliphatic carbocycles. The Labute approximate surface area is 103 Å². The minimum Gasteiger partial charge on any atom is -0.377 e. The van der Waals surface area contributed by atoms with Crippen molar-refractivity contribution in [2.75, 3.05) is 13.2 Å². The number of hydrogen-bond donors (Lipinski definition) is 2. The van der Waals surface area contributed by atoms with Crippen LogP contribution in [0.3, 0.4) is 0 Å². The van der Waals surface area contributed by atoms with Gasteiger partial charge in [0.2, 0.25) is 5.91 Å². The molecule has 96 valence electrons. The summed E-state index contributed by atoms with van der Waals surface area (Å²) in [5, 5.41) is 2.17. The van der Waals surface area contributed by atoms with E-state index >= 15 is 0 Å². The van der Waals surface area contributed by atoms with Crippen molar-refractivity contribution < 1.29 is 18.7 Å². The number of nitrogens with one attached hydrogen (secondary N) is 1. The molecule has 18 heavy (non-hydrogen) atoms. The summed E-state index contributed by atoms with van der Waals surface area (Å²) < 4.78 is 17.8. The molecule has 0 bridgehead atoms. The molecule has 2 amide bonds. The molecule has 1 fully saturated rings. The zero-order valence-electron chi connectivity index (χ0n) is 9.61. The van der Waals surface area contributed by atoms with Gasteiger partial charge in [-0.25, -0.2) is 4.39 Å². The van der Waals surface area contributed by atoms with Crippen molar-refractivity contribution in [3.63, 3.8) is 0 Å². The highest BCUT2D eigenvalue weighted by atomic mass is 19.1. The number of nitrogens with two attached hydrogens (primary N) is 1. The lowest BCUT2D eigenvalue weighted by Gasteiger charge is -2.36. The SMILES string of the molecule is NC1(CC(=O)NC(=O)c2cccc(F)c2)COC1. The largest absolute Gasteiger partial charge is 0.377 e. The minimum absolute atomic E-state index is 0.00799. The summed E-state index contributed by atoms with van der Waals surface area (Å²) in [5.74, 6) is -1.66. The molecule has 0 aromatic heterocycles. The van der Waals surface area contributed by atoms with Crippen LogP contribution in [0, 0.1) is 5.82 Å². The van der Waals surface area contributed by atoms with E-state index in [9.17, 15) is 14.0 Å². The van der Waals surface area contributed by atoms with Crippen molar-refractivity contribution >= 4 is 11.8 Å². The van der Waals surface area contributed by atoms with Crippen LogP contribution in [0.2, 0.25) is 0 Å². The Morgan fingerprint density at radius 1 is 1.44 bits per heavy atom. The normalized spacial score (nSPS) is 16.8. The molecule has 0 unspecified atom stereocenters. The van der Waals surface area contributed by atoms with Crippen LogP contribution in [0.1, 0.15) is 16.8 Å². The van der Waals surface area contributed by atoms with E-state index in [1.807, 2.05) is 0 Å². The third kappa shape index (κ3) is 2.91. The van der Waals surface area contributed by atoms with E-state index in [0.717, 1.165) is 6.07 Å². The van der Waals surface area contributed by atoms with Crippen molar-refractivity contribution in [2.45, 2.75) is 12.0 Å². The maximum absolute atomic E-state index is 12.9. The molecule has 5 nitrogen and oxygen atoms in total.